The number of nitrogens with two attached hydrogens (primary N) is 1. The number of rotatable bonds is 5. The number of nitrogens with one attached hydrogen (secondary N) is 1. The monoisotopic (exact) mass is 214 g/mol. The molecular weight excluding hydrogens is 192 g/mol. The van der Waals surface area contributed by atoms with Gasteiger partial charge in [0, 0.05) is 12.6 Å². The lowest BCUT2D eigenvalue weighted by Gasteiger charge is -2.24. The molecule has 1 heterocycles. The van der Waals surface area contributed by atoms with Crippen molar-refractivity contribution >= 4 is 5.91 Å². The van der Waals surface area contributed by atoms with Gasteiger partial charge in [0.25, 0.3) is 0 Å². The van der Waals surface area contributed by atoms with Gasteiger partial charge in [-0.15, -0.1) is 0 Å². The summed E-state index contributed by atoms with van der Waals surface area (Å²) in [4.78, 5) is 11.8. The zero-order valence-electron chi connectivity index (χ0n) is 9.50. The minimum absolute atomic E-state index is 0.0370. The molecule has 2 unspecified atom stereocenters. The van der Waals surface area contributed by atoms with Crippen molar-refractivity contribution in [2.75, 3.05) is 13.2 Å². The van der Waals surface area contributed by atoms with Crippen molar-refractivity contribution in [3.05, 3.63) is 0 Å². The summed E-state index contributed by atoms with van der Waals surface area (Å²) >= 11 is 0. The van der Waals surface area contributed by atoms with Crippen molar-refractivity contribution in [3.8, 4) is 0 Å². The average molecular weight is 214 g/mol. The minimum atomic E-state index is -0.231. The summed E-state index contributed by atoms with van der Waals surface area (Å²) in [5.41, 5.74) is 5.48. The van der Waals surface area contributed by atoms with E-state index in [0.29, 0.717) is 13.2 Å². The third-order valence-electron chi connectivity index (χ3n) is 2.83. The van der Waals surface area contributed by atoms with Crippen molar-refractivity contribution in [2.24, 2.45) is 5.73 Å². The highest BCUT2D eigenvalue weighted by molar-refractivity contribution is 5.81. The summed E-state index contributed by atoms with van der Waals surface area (Å²) in [6.45, 7) is 3.39. The van der Waals surface area contributed by atoms with Gasteiger partial charge in [-0.25, -0.2) is 0 Å². The minimum Gasteiger partial charge on any atom is -0.368 e. The summed E-state index contributed by atoms with van der Waals surface area (Å²) in [7, 11) is 0. The van der Waals surface area contributed by atoms with Gasteiger partial charge in [0.2, 0.25) is 5.91 Å². The molecule has 1 rings (SSSR count). The Hall–Kier alpha value is -0.610. The van der Waals surface area contributed by atoms with E-state index in [9.17, 15) is 4.79 Å². The van der Waals surface area contributed by atoms with Crippen LogP contribution in [0.4, 0.5) is 0 Å². The van der Waals surface area contributed by atoms with Gasteiger partial charge in [-0.2, -0.15) is 0 Å². The fourth-order valence-electron chi connectivity index (χ4n) is 1.82. The van der Waals surface area contributed by atoms with Gasteiger partial charge >= 0.3 is 0 Å². The molecule has 4 heteroatoms. The predicted molar refractivity (Wildman–Crippen MR) is 59.5 cm³/mol. The molecule has 0 spiro atoms. The Balaban J connectivity index is 2.31. The van der Waals surface area contributed by atoms with Crippen molar-refractivity contribution in [1.29, 1.82) is 0 Å². The molecule has 0 saturated carbocycles. The molecule has 0 aromatic rings. The lowest BCUT2D eigenvalue weighted by Crippen LogP contribution is -2.44. The van der Waals surface area contributed by atoms with Gasteiger partial charge in [-0.1, -0.05) is 6.92 Å². The van der Waals surface area contributed by atoms with Gasteiger partial charge in [0.05, 0.1) is 0 Å². The summed E-state index contributed by atoms with van der Waals surface area (Å²) in [5.74, 6) is 0.0370. The molecule has 15 heavy (non-hydrogen) atoms. The lowest BCUT2D eigenvalue weighted by molar-refractivity contribution is -0.136. The molecule has 1 aliphatic heterocycles. The maximum absolute atomic E-state index is 11.8. The maximum Gasteiger partial charge on any atom is 0.249 e. The first-order valence-electron chi connectivity index (χ1n) is 5.90. The van der Waals surface area contributed by atoms with Crippen LogP contribution in [-0.4, -0.2) is 31.2 Å². The Kier molecular flexibility index (Phi) is 5.65. The second-order valence-electron chi connectivity index (χ2n) is 4.05. The van der Waals surface area contributed by atoms with Gasteiger partial charge in [0.15, 0.2) is 0 Å². The van der Waals surface area contributed by atoms with Crippen molar-refractivity contribution in [1.82, 2.24) is 5.32 Å². The van der Waals surface area contributed by atoms with Crippen LogP contribution in [0, 0.1) is 0 Å². The third kappa shape index (κ3) is 4.18. The number of hydrogen-bond donors (Lipinski definition) is 2. The van der Waals surface area contributed by atoms with Crippen molar-refractivity contribution < 1.29 is 9.53 Å². The number of amides is 1. The van der Waals surface area contributed by atoms with E-state index in [4.69, 9.17) is 10.5 Å². The van der Waals surface area contributed by atoms with Crippen LogP contribution in [0.5, 0.6) is 0 Å². The molecule has 3 N–H and O–H groups in total. The van der Waals surface area contributed by atoms with Crippen molar-refractivity contribution in [2.45, 2.75) is 51.2 Å². The first kappa shape index (κ1) is 12.5. The van der Waals surface area contributed by atoms with E-state index in [1.54, 1.807) is 0 Å². The van der Waals surface area contributed by atoms with Crippen LogP contribution in [0.2, 0.25) is 0 Å². The Bertz CT molecular complexity index is 191. The first-order valence-corrected chi connectivity index (χ1v) is 5.90. The highest BCUT2D eigenvalue weighted by Crippen LogP contribution is 2.13. The Morgan fingerprint density at radius 2 is 2.40 bits per heavy atom. The van der Waals surface area contributed by atoms with E-state index in [-0.39, 0.29) is 18.1 Å². The van der Waals surface area contributed by atoms with Crippen LogP contribution in [0.25, 0.3) is 0 Å². The van der Waals surface area contributed by atoms with Crippen LogP contribution in [0.1, 0.15) is 39.0 Å². The van der Waals surface area contributed by atoms with Gasteiger partial charge in [0.1, 0.15) is 6.10 Å². The summed E-state index contributed by atoms with van der Waals surface area (Å²) in [5, 5.41) is 2.99. The molecule has 4 nitrogen and oxygen atoms in total. The van der Waals surface area contributed by atoms with E-state index in [2.05, 4.69) is 12.2 Å². The standard InChI is InChI=1S/C11H22N2O2/c1-2-9(6-7-12)13-11(14)10-5-3-4-8-15-10/h9-10H,2-8,12H2,1H3,(H,13,14). The molecule has 0 radical (unpaired) electrons. The van der Waals surface area contributed by atoms with Crippen LogP contribution in [0.15, 0.2) is 0 Å². The Morgan fingerprint density at radius 3 is 2.93 bits per heavy atom. The van der Waals surface area contributed by atoms with E-state index in [0.717, 1.165) is 32.1 Å². The van der Waals surface area contributed by atoms with E-state index in [1.165, 1.54) is 0 Å². The number of carbonyl (C=O) groups excluding carboxylic acids is 1. The van der Waals surface area contributed by atoms with E-state index < -0.39 is 0 Å². The molecule has 0 aliphatic carbocycles. The molecule has 88 valence electrons. The van der Waals surface area contributed by atoms with Crippen LogP contribution >= 0.6 is 0 Å². The first-order chi connectivity index (χ1) is 7.27. The average Bonchev–Trinajstić information content (AvgIpc) is 2.29. The van der Waals surface area contributed by atoms with Crippen LogP contribution in [0.3, 0.4) is 0 Å². The van der Waals surface area contributed by atoms with E-state index in [1.807, 2.05) is 0 Å². The smallest absolute Gasteiger partial charge is 0.249 e. The highest BCUT2D eigenvalue weighted by Gasteiger charge is 2.23. The number of ether oxygens (including phenoxy) is 1. The second-order valence-corrected chi connectivity index (χ2v) is 4.05. The number of hydrogen-bond acceptors (Lipinski definition) is 3. The zero-order valence-corrected chi connectivity index (χ0v) is 9.50. The Morgan fingerprint density at radius 1 is 1.60 bits per heavy atom. The largest absolute Gasteiger partial charge is 0.368 e. The second kappa shape index (κ2) is 6.80. The van der Waals surface area contributed by atoms with Crippen LogP contribution in [-0.2, 0) is 9.53 Å². The van der Waals surface area contributed by atoms with Crippen molar-refractivity contribution in [3.63, 3.8) is 0 Å². The van der Waals surface area contributed by atoms with Gasteiger partial charge in [-0.3, -0.25) is 4.79 Å². The SMILES string of the molecule is CCC(CCN)NC(=O)C1CCCCO1. The number of carbonyl (C=O) groups is 1. The third-order valence-corrected chi connectivity index (χ3v) is 2.83. The van der Waals surface area contributed by atoms with Gasteiger partial charge < -0.3 is 15.8 Å². The lowest BCUT2D eigenvalue weighted by atomic mass is 10.1. The molecule has 1 saturated heterocycles. The molecular formula is C11H22N2O2. The molecule has 0 aromatic heterocycles. The maximum atomic E-state index is 11.8. The molecule has 1 fully saturated rings. The summed E-state index contributed by atoms with van der Waals surface area (Å²) in [6.07, 6.45) is 4.55. The molecule has 1 aliphatic rings. The fourth-order valence-corrected chi connectivity index (χ4v) is 1.82. The summed E-state index contributed by atoms with van der Waals surface area (Å²) < 4.78 is 5.42. The molecule has 2 atom stereocenters. The van der Waals surface area contributed by atoms with Gasteiger partial charge in [-0.05, 0) is 38.6 Å². The highest BCUT2D eigenvalue weighted by atomic mass is 16.5. The van der Waals surface area contributed by atoms with Crippen LogP contribution < -0.4 is 11.1 Å². The fraction of sp³-hybridized carbons (Fsp3) is 0.909. The molecule has 0 bridgehead atoms. The summed E-state index contributed by atoms with van der Waals surface area (Å²) in [6, 6.07) is 0.202. The normalized spacial score (nSPS) is 23.5. The molecule has 0 aromatic carbocycles. The van der Waals surface area contributed by atoms with E-state index >= 15 is 0 Å². The Labute approximate surface area is 91.5 Å². The topological polar surface area (TPSA) is 64.3 Å². The quantitative estimate of drug-likeness (QED) is 0.711. The molecule has 1 amide bonds. The zero-order chi connectivity index (χ0) is 11.1. The predicted octanol–water partition coefficient (Wildman–Crippen LogP) is 0.799.